The van der Waals surface area contributed by atoms with Crippen LogP contribution >= 0.6 is 23.2 Å². The third-order valence-corrected chi connectivity index (χ3v) is 7.53. The molecule has 0 bridgehead atoms. The van der Waals surface area contributed by atoms with E-state index in [1.54, 1.807) is 25.3 Å². The summed E-state index contributed by atoms with van der Waals surface area (Å²) in [6, 6.07) is 7.80. The van der Waals surface area contributed by atoms with Gasteiger partial charge < -0.3 is 20.7 Å². The van der Waals surface area contributed by atoms with Crippen molar-refractivity contribution in [3.05, 3.63) is 68.3 Å². The zero-order valence-electron chi connectivity index (χ0n) is 20.6. The Labute approximate surface area is 221 Å². The molecule has 1 saturated carbocycles. The summed E-state index contributed by atoms with van der Waals surface area (Å²) >= 11 is 13.1. The van der Waals surface area contributed by atoms with Crippen LogP contribution in [0.1, 0.15) is 58.5 Å². The molecule has 3 N–H and O–H groups in total. The molecule has 1 aliphatic heterocycles. The number of nitrogens with one attached hydrogen (secondary N) is 1. The van der Waals surface area contributed by atoms with E-state index in [1.165, 1.54) is 16.7 Å². The zero-order valence-corrected chi connectivity index (χ0v) is 22.1. The van der Waals surface area contributed by atoms with Gasteiger partial charge >= 0.3 is 0 Å². The fourth-order valence-electron chi connectivity index (χ4n) is 4.65. The van der Waals surface area contributed by atoms with Crippen LogP contribution in [0, 0.1) is 6.92 Å². The number of hydrogen-bond acceptors (Lipinski definition) is 6. The minimum Gasteiger partial charge on any atom is -0.467 e. The molecule has 0 spiro atoms. The molecule has 2 aliphatic rings. The van der Waals surface area contributed by atoms with Crippen LogP contribution in [0.3, 0.4) is 0 Å². The van der Waals surface area contributed by atoms with Gasteiger partial charge in [0.25, 0.3) is 11.8 Å². The largest absolute Gasteiger partial charge is 0.467 e. The van der Waals surface area contributed by atoms with Crippen LogP contribution in [0.25, 0.3) is 11.3 Å². The molecular formula is C27H29Cl2N5O2. The third-order valence-electron chi connectivity index (χ3n) is 6.79. The Morgan fingerprint density at radius 2 is 2.06 bits per heavy atom. The number of ether oxygens (including phenoxy) is 1. The molecule has 9 heteroatoms. The van der Waals surface area contributed by atoms with Crippen molar-refractivity contribution in [3.63, 3.8) is 0 Å². The number of benzene rings is 2. The first-order valence-electron chi connectivity index (χ1n) is 12.1. The van der Waals surface area contributed by atoms with Crippen LogP contribution in [0.15, 0.2) is 30.5 Å². The predicted molar refractivity (Wildman–Crippen MR) is 143 cm³/mol. The molecule has 2 heterocycles. The summed E-state index contributed by atoms with van der Waals surface area (Å²) in [6.07, 6.45) is 4.04. The maximum absolute atomic E-state index is 12.6. The quantitative estimate of drug-likeness (QED) is 0.449. The first-order valence-corrected chi connectivity index (χ1v) is 12.9. The Bertz CT molecular complexity index is 1340. The Hall–Kier alpha value is -2.87. The number of fused-ring (bicyclic) bond motifs is 1. The molecule has 36 heavy (non-hydrogen) atoms. The predicted octanol–water partition coefficient (Wildman–Crippen LogP) is 5.36. The number of hydrogen-bond donors (Lipinski definition) is 2. The number of nitrogens with zero attached hydrogens (tertiary/aromatic N) is 3. The van der Waals surface area contributed by atoms with E-state index in [-0.39, 0.29) is 28.7 Å². The molecule has 1 aliphatic carbocycles. The van der Waals surface area contributed by atoms with Crippen LogP contribution in [-0.2, 0) is 13.0 Å². The van der Waals surface area contributed by atoms with Gasteiger partial charge in [-0.15, -0.1) is 0 Å². The first kappa shape index (κ1) is 24.8. The van der Waals surface area contributed by atoms with Crippen LogP contribution in [0.5, 0.6) is 5.88 Å². The second kappa shape index (κ2) is 9.88. The molecule has 2 aromatic carbocycles. The monoisotopic (exact) mass is 525 g/mol. The van der Waals surface area contributed by atoms with Gasteiger partial charge in [0.1, 0.15) is 6.10 Å². The normalized spacial score (nSPS) is 16.4. The molecule has 1 aromatic heterocycles. The van der Waals surface area contributed by atoms with E-state index in [9.17, 15) is 4.79 Å². The van der Waals surface area contributed by atoms with Crippen molar-refractivity contribution in [1.29, 1.82) is 0 Å². The van der Waals surface area contributed by atoms with Gasteiger partial charge in [-0.05, 0) is 81.1 Å². The van der Waals surface area contributed by atoms with E-state index in [1.807, 2.05) is 0 Å². The van der Waals surface area contributed by atoms with E-state index >= 15 is 0 Å². The van der Waals surface area contributed by atoms with Gasteiger partial charge in [0.2, 0.25) is 0 Å². The van der Waals surface area contributed by atoms with Gasteiger partial charge in [-0.2, -0.15) is 0 Å². The fourth-order valence-corrected chi connectivity index (χ4v) is 5.41. The highest BCUT2D eigenvalue weighted by Crippen LogP contribution is 2.37. The fraction of sp³-hybridized carbons (Fsp3) is 0.370. The number of aryl methyl sites for hydroxylation is 1. The second-order valence-corrected chi connectivity index (χ2v) is 10.5. The van der Waals surface area contributed by atoms with Gasteiger partial charge in [0.15, 0.2) is 5.82 Å². The topological polar surface area (TPSA) is 93.4 Å². The Kier molecular flexibility index (Phi) is 6.81. The molecule has 5 rings (SSSR count). The number of halogens is 2. The average molecular weight is 526 g/mol. The van der Waals surface area contributed by atoms with Crippen LogP contribution in [0.2, 0.25) is 10.0 Å². The van der Waals surface area contributed by atoms with Crippen LogP contribution in [0.4, 0.5) is 5.82 Å². The van der Waals surface area contributed by atoms with Crippen molar-refractivity contribution in [3.8, 4) is 17.1 Å². The molecule has 3 aromatic rings. The maximum Gasteiger partial charge on any atom is 0.258 e. The molecule has 1 unspecified atom stereocenters. The lowest BCUT2D eigenvalue weighted by Gasteiger charge is -2.27. The SMILES string of the molecule is Cc1cc(-c2cnc(N)c(OC(C)c3c(Cl)ccc(C(=O)NC4CC4)c3Cl)n2)cc2c1CCN(C)C2. The van der Waals surface area contributed by atoms with E-state index < -0.39 is 6.10 Å². The Morgan fingerprint density at radius 3 is 2.81 bits per heavy atom. The van der Waals surface area contributed by atoms with E-state index in [4.69, 9.17) is 38.7 Å². The van der Waals surface area contributed by atoms with Crippen molar-refractivity contribution in [2.24, 2.45) is 0 Å². The molecule has 188 valence electrons. The molecule has 1 fully saturated rings. The summed E-state index contributed by atoms with van der Waals surface area (Å²) < 4.78 is 6.14. The lowest BCUT2D eigenvalue weighted by molar-refractivity contribution is 0.0951. The lowest BCUT2D eigenvalue weighted by Crippen LogP contribution is -2.27. The second-order valence-electron chi connectivity index (χ2n) is 9.69. The number of rotatable bonds is 6. The number of nitrogens with two attached hydrogens (primary N) is 1. The van der Waals surface area contributed by atoms with Crippen molar-refractivity contribution in [1.82, 2.24) is 20.2 Å². The Morgan fingerprint density at radius 1 is 1.28 bits per heavy atom. The minimum atomic E-state index is -0.621. The Balaban J connectivity index is 1.44. The highest BCUT2D eigenvalue weighted by atomic mass is 35.5. The zero-order chi connectivity index (χ0) is 25.6. The number of carbonyl (C=O) groups is 1. The average Bonchev–Trinajstić information content (AvgIpc) is 3.64. The van der Waals surface area contributed by atoms with E-state index in [0.29, 0.717) is 21.8 Å². The molecular weight excluding hydrogens is 497 g/mol. The molecule has 1 atom stereocenters. The lowest BCUT2D eigenvalue weighted by atomic mass is 9.92. The number of aromatic nitrogens is 2. The van der Waals surface area contributed by atoms with Crippen molar-refractivity contribution < 1.29 is 9.53 Å². The van der Waals surface area contributed by atoms with Gasteiger partial charge in [-0.3, -0.25) is 4.79 Å². The number of likely N-dealkylation sites (N-methyl/N-ethyl adjacent to an activating group) is 1. The van der Waals surface area contributed by atoms with Crippen LogP contribution < -0.4 is 15.8 Å². The van der Waals surface area contributed by atoms with Gasteiger partial charge in [0.05, 0.1) is 22.5 Å². The number of nitrogen functional groups attached to an aromatic ring is 1. The summed E-state index contributed by atoms with van der Waals surface area (Å²) in [5.41, 5.74) is 12.6. The standard InChI is InChI=1S/C27H29Cl2N5O2/c1-14-10-16(11-17-13-34(3)9-8-19(14)17)22-12-31-25(30)27(33-22)36-15(2)23-21(28)7-6-20(24(23)29)26(35)32-18-4-5-18/h6-7,10-12,15,18H,4-5,8-9,13H2,1-3H3,(H2,30,31)(H,32,35). The van der Waals surface area contributed by atoms with Crippen molar-refractivity contribution in [2.45, 2.75) is 51.8 Å². The highest BCUT2D eigenvalue weighted by Gasteiger charge is 2.27. The number of anilines is 1. The minimum absolute atomic E-state index is 0.162. The smallest absolute Gasteiger partial charge is 0.258 e. The molecule has 0 radical (unpaired) electrons. The van der Waals surface area contributed by atoms with E-state index in [0.717, 1.165) is 37.9 Å². The summed E-state index contributed by atoms with van der Waals surface area (Å²) in [5.74, 6) is 0.129. The van der Waals surface area contributed by atoms with Crippen LogP contribution in [-0.4, -0.2) is 40.4 Å². The molecule has 7 nitrogen and oxygen atoms in total. The van der Waals surface area contributed by atoms with E-state index in [2.05, 4.69) is 41.3 Å². The van der Waals surface area contributed by atoms with Crippen molar-refractivity contribution >= 4 is 34.9 Å². The summed E-state index contributed by atoms with van der Waals surface area (Å²) in [5, 5.41) is 3.61. The van der Waals surface area contributed by atoms with Gasteiger partial charge in [-0.25, -0.2) is 9.97 Å². The molecule has 1 amide bonds. The molecule has 0 saturated heterocycles. The van der Waals surface area contributed by atoms with Gasteiger partial charge in [0, 0.05) is 35.3 Å². The maximum atomic E-state index is 12.6. The highest BCUT2D eigenvalue weighted by molar-refractivity contribution is 6.38. The van der Waals surface area contributed by atoms with Gasteiger partial charge in [-0.1, -0.05) is 23.2 Å². The number of amides is 1. The number of carbonyl (C=O) groups excluding carboxylic acids is 1. The summed E-state index contributed by atoms with van der Waals surface area (Å²) in [6.45, 7) is 5.88. The first-order chi connectivity index (χ1) is 17.2. The summed E-state index contributed by atoms with van der Waals surface area (Å²) in [4.78, 5) is 24.0. The van der Waals surface area contributed by atoms with Crippen molar-refractivity contribution in [2.75, 3.05) is 19.3 Å². The summed E-state index contributed by atoms with van der Waals surface area (Å²) in [7, 11) is 2.13. The third kappa shape index (κ3) is 5.01.